The van der Waals surface area contributed by atoms with Crippen LogP contribution in [0, 0.1) is 0 Å². The number of rotatable bonds is 7. The minimum absolute atomic E-state index is 0.134. The van der Waals surface area contributed by atoms with Crippen LogP contribution in [0.25, 0.3) is 10.9 Å². The minimum Gasteiger partial charge on any atom is -0.385 e. The van der Waals surface area contributed by atoms with Gasteiger partial charge in [0.05, 0.1) is 6.54 Å². The molecule has 0 spiro atoms. The first-order valence-corrected chi connectivity index (χ1v) is 6.51. The number of carbonyl (C=O) groups excluding carboxylic acids is 1. The molecule has 0 unspecified atom stereocenters. The number of ether oxygens (including phenoxy) is 1. The maximum atomic E-state index is 12.2. The Balaban J connectivity index is 2.01. The van der Waals surface area contributed by atoms with E-state index >= 15 is 0 Å². The molecule has 1 N–H and O–H groups in total. The average Bonchev–Trinajstić information content (AvgIpc) is 2.76. The molecule has 4 nitrogen and oxygen atoms in total. The van der Waals surface area contributed by atoms with E-state index in [2.05, 4.69) is 5.32 Å². The predicted octanol–water partition coefficient (Wildman–Crippen LogP) is 1.99. The molecule has 0 aliphatic carbocycles. The first-order chi connectivity index (χ1) is 9.24. The monoisotopic (exact) mass is 260 g/mol. The van der Waals surface area contributed by atoms with Gasteiger partial charge in [0.1, 0.15) is 0 Å². The Bertz CT molecular complexity index is 560. The fourth-order valence-electron chi connectivity index (χ4n) is 2.20. The van der Waals surface area contributed by atoms with Crippen molar-refractivity contribution in [1.82, 2.24) is 9.88 Å². The van der Waals surface area contributed by atoms with Crippen LogP contribution in [-0.2, 0) is 11.8 Å². The van der Waals surface area contributed by atoms with Crippen LogP contribution in [0.1, 0.15) is 16.8 Å². The molecule has 4 heteroatoms. The molecular formula is C15H20N2O2. The summed E-state index contributed by atoms with van der Waals surface area (Å²) in [7, 11) is 3.65. The zero-order valence-electron chi connectivity index (χ0n) is 11.5. The SMILES string of the molecule is COCCCNCC(=O)c1cn(C)c2ccccc12. The van der Waals surface area contributed by atoms with E-state index in [1.807, 2.05) is 42.1 Å². The molecule has 0 aliphatic rings. The van der Waals surface area contributed by atoms with E-state index in [9.17, 15) is 4.79 Å². The average molecular weight is 260 g/mol. The molecule has 19 heavy (non-hydrogen) atoms. The van der Waals surface area contributed by atoms with Gasteiger partial charge in [0.25, 0.3) is 0 Å². The maximum absolute atomic E-state index is 12.2. The number of ketones is 1. The zero-order valence-corrected chi connectivity index (χ0v) is 11.5. The van der Waals surface area contributed by atoms with Crippen molar-refractivity contribution in [3.63, 3.8) is 0 Å². The van der Waals surface area contributed by atoms with Gasteiger partial charge >= 0.3 is 0 Å². The number of aromatic nitrogens is 1. The summed E-state index contributed by atoms with van der Waals surface area (Å²) in [6, 6.07) is 7.97. The number of para-hydroxylation sites is 1. The fourth-order valence-corrected chi connectivity index (χ4v) is 2.20. The molecule has 0 atom stereocenters. The van der Waals surface area contributed by atoms with Gasteiger partial charge in [-0.15, -0.1) is 0 Å². The lowest BCUT2D eigenvalue weighted by atomic mass is 10.1. The highest BCUT2D eigenvalue weighted by Crippen LogP contribution is 2.20. The van der Waals surface area contributed by atoms with Crippen LogP contribution in [0.15, 0.2) is 30.5 Å². The molecule has 0 fully saturated rings. The number of methoxy groups -OCH3 is 1. The number of fused-ring (bicyclic) bond motifs is 1. The molecule has 0 amide bonds. The van der Waals surface area contributed by atoms with Gasteiger partial charge in [-0.2, -0.15) is 0 Å². The van der Waals surface area contributed by atoms with Crippen molar-refractivity contribution in [2.24, 2.45) is 7.05 Å². The number of nitrogens with zero attached hydrogens (tertiary/aromatic N) is 1. The Labute approximate surface area is 113 Å². The van der Waals surface area contributed by atoms with Crippen molar-refractivity contribution in [1.29, 1.82) is 0 Å². The van der Waals surface area contributed by atoms with Gasteiger partial charge < -0.3 is 14.6 Å². The molecule has 1 heterocycles. The van der Waals surface area contributed by atoms with Gasteiger partial charge in [0, 0.05) is 43.4 Å². The second kappa shape index (κ2) is 6.50. The van der Waals surface area contributed by atoms with E-state index in [1.165, 1.54) is 0 Å². The lowest BCUT2D eigenvalue weighted by molar-refractivity contribution is 0.0991. The molecule has 2 rings (SSSR count). The van der Waals surface area contributed by atoms with Crippen LogP contribution >= 0.6 is 0 Å². The standard InChI is InChI=1S/C15H20N2O2/c1-17-11-13(12-6-3-4-7-14(12)17)15(18)10-16-8-5-9-19-2/h3-4,6-7,11,16H,5,8-10H2,1-2H3. The topological polar surface area (TPSA) is 43.3 Å². The van der Waals surface area contributed by atoms with Crippen LogP contribution < -0.4 is 5.32 Å². The summed E-state index contributed by atoms with van der Waals surface area (Å²) in [6.07, 6.45) is 2.82. The van der Waals surface area contributed by atoms with Gasteiger partial charge in [0.15, 0.2) is 5.78 Å². The first-order valence-electron chi connectivity index (χ1n) is 6.51. The third-order valence-corrected chi connectivity index (χ3v) is 3.18. The van der Waals surface area contributed by atoms with E-state index < -0.39 is 0 Å². The van der Waals surface area contributed by atoms with Crippen LogP contribution in [0.2, 0.25) is 0 Å². The molecule has 2 aromatic rings. The summed E-state index contributed by atoms with van der Waals surface area (Å²) in [6.45, 7) is 1.89. The summed E-state index contributed by atoms with van der Waals surface area (Å²) in [5.74, 6) is 0.134. The zero-order chi connectivity index (χ0) is 13.7. The lowest BCUT2D eigenvalue weighted by Crippen LogP contribution is -2.24. The number of benzene rings is 1. The maximum Gasteiger partial charge on any atom is 0.178 e. The lowest BCUT2D eigenvalue weighted by Gasteiger charge is -2.03. The van der Waals surface area contributed by atoms with E-state index in [1.54, 1.807) is 7.11 Å². The minimum atomic E-state index is 0.134. The molecule has 0 radical (unpaired) electrons. The van der Waals surface area contributed by atoms with E-state index in [0.717, 1.165) is 36.0 Å². The highest BCUT2D eigenvalue weighted by molar-refractivity contribution is 6.09. The largest absolute Gasteiger partial charge is 0.385 e. The van der Waals surface area contributed by atoms with Crippen molar-refractivity contribution < 1.29 is 9.53 Å². The molecule has 102 valence electrons. The highest BCUT2D eigenvalue weighted by atomic mass is 16.5. The number of nitrogens with one attached hydrogen (secondary N) is 1. The summed E-state index contributed by atoms with van der Waals surface area (Å²) >= 11 is 0. The Kier molecular flexibility index (Phi) is 4.71. The Morgan fingerprint density at radius 2 is 2.16 bits per heavy atom. The number of hydrogen-bond donors (Lipinski definition) is 1. The fraction of sp³-hybridized carbons (Fsp3) is 0.400. The van der Waals surface area contributed by atoms with E-state index in [0.29, 0.717) is 6.54 Å². The van der Waals surface area contributed by atoms with Gasteiger partial charge in [-0.3, -0.25) is 4.79 Å². The van der Waals surface area contributed by atoms with Gasteiger partial charge in [-0.1, -0.05) is 18.2 Å². The highest BCUT2D eigenvalue weighted by Gasteiger charge is 2.12. The van der Waals surface area contributed by atoms with E-state index in [4.69, 9.17) is 4.74 Å². The van der Waals surface area contributed by atoms with Crippen molar-refractivity contribution >= 4 is 16.7 Å². The number of hydrogen-bond acceptors (Lipinski definition) is 3. The molecule has 0 saturated heterocycles. The quantitative estimate of drug-likeness (QED) is 0.611. The van der Waals surface area contributed by atoms with Crippen molar-refractivity contribution in [3.05, 3.63) is 36.0 Å². The normalized spacial score (nSPS) is 11.1. The Morgan fingerprint density at radius 3 is 2.95 bits per heavy atom. The summed E-state index contributed by atoms with van der Waals surface area (Å²) in [4.78, 5) is 12.2. The summed E-state index contributed by atoms with van der Waals surface area (Å²) in [5, 5.41) is 4.18. The molecule has 0 bridgehead atoms. The van der Waals surface area contributed by atoms with Gasteiger partial charge in [-0.25, -0.2) is 0 Å². The van der Waals surface area contributed by atoms with Crippen molar-refractivity contribution in [3.8, 4) is 0 Å². The van der Waals surface area contributed by atoms with Gasteiger partial charge in [-0.05, 0) is 19.0 Å². The number of carbonyl (C=O) groups is 1. The van der Waals surface area contributed by atoms with Crippen molar-refractivity contribution in [2.75, 3.05) is 26.8 Å². The van der Waals surface area contributed by atoms with Gasteiger partial charge in [0.2, 0.25) is 0 Å². The third-order valence-electron chi connectivity index (χ3n) is 3.18. The number of Topliss-reactive ketones (excluding diaryl/α,β-unsaturated/α-hetero) is 1. The summed E-state index contributed by atoms with van der Waals surface area (Å²) < 4.78 is 6.96. The van der Waals surface area contributed by atoms with Crippen LogP contribution in [0.4, 0.5) is 0 Å². The Morgan fingerprint density at radius 1 is 1.37 bits per heavy atom. The van der Waals surface area contributed by atoms with Crippen LogP contribution in [0.3, 0.4) is 0 Å². The molecule has 1 aromatic carbocycles. The smallest absolute Gasteiger partial charge is 0.178 e. The predicted molar refractivity (Wildman–Crippen MR) is 76.6 cm³/mol. The Hall–Kier alpha value is -1.65. The third kappa shape index (κ3) is 3.22. The van der Waals surface area contributed by atoms with Crippen molar-refractivity contribution in [2.45, 2.75) is 6.42 Å². The first kappa shape index (κ1) is 13.8. The van der Waals surface area contributed by atoms with E-state index in [-0.39, 0.29) is 5.78 Å². The second-order valence-corrected chi connectivity index (χ2v) is 4.62. The second-order valence-electron chi connectivity index (χ2n) is 4.62. The molecule has 0 aliphatic heterocycles. The molecule has 0 saturated carbocycles. The van der Waals surface area contributed by atoms with Crippen LogP contribution in [0.5, 0.6) is 0 Å². The van der Waals surface area contributed by atoms with Crippen LogP contribution in [-0.4, -0.2) is 37.2 Å². The summed E-state index contributed by atoms with van der Waals surface area (Å²) in [5.41, 5.74) is 1.88. The molecule has 1 aromatic heterocycles. The number of aryl methyl sites for hydroxylation is 1. The molecular weight excluding hydrogens is 240 g/mol.